The van der Waals surface area contributed by atoms with Crippen LogP contribution >= 0.6 is 0 Å². The highest BCUT2D eigenvalue weighted by atomic mass is 16.4. The van der Waals surface area contributed by atoms with E-state index in [1.165, 1.54) is 56.3 Å². The first-order chi connectivity index (χ1) is 10.3. The van der Waals surface area contributed by atoms with Crippen LogP contribution in [-0.2, 0) is 9.59 Å². The van der Waals surface area contributed by atoms with Gasteiger partial charge in [0.15, 0.2) is 0 Å². The standard InChI is InChI=1S/C12H28N.C5H6O4/c1-5-9-13(10-6-2,11-7-3)12-8-4;1-3(5(8)9)2-4(6)7/h5-12H2,1-4H3;1-2H2,(H,6,7)(H,8,9)/q+1;/p-1. The number of nitrogens with zero attached hydrogens (tertiary/aromatic N) is 1. The van der Waals surface area contributed by atoms with Crippen LogP contribution in [0.15, 0.2) is 12.2 Å². The second-order valence-corrected chi connectivity index (χ2v) is 5.69. The molecule has 0 aromatic carbocycles. The van der Waals surface area contributed by atoms with E-state index in [1.54, 1.807) is 0 Å². The first-order valence-corrected chi connectivity index (χ1v) is 8.24. The summed E-state index contributed by atoms with van der Waals surface area (Å²) >= 11 is 0. The monoisotopic (exact) mass is 315 g/mol. The minimum atomic E-state index is -1.43. The molecule has 0 saturated heterocycles. The molecule has 0 spiro atoms. The van der Waals surface area contributed by atoms with E-state index in [4.69, 9.17) is 5.11 Å². The van der Waals surface area contributed by atoms with Crippen LogP contribution in [0.5, 0.6) is 0 Å². The molecular formula is C17H33NO4. The van der Waals surface area contributed by atoms with E-state index in [1.807, 2.05) is 0 Å². The van der Waals surface area contributed by atoms with Gasteiger partial charge in [0, 0.05) is 18.0 Å². The Hall–Kier alpha value is -1.36. The van der Waals surface area contributed by atoms with Crippen molar-refractivity contribution in [1.29, 1.82) is 0 Å². The van der Waals surface area contributed by atoms with Crippen molar-refractivity contribution >= 4 is 11.9 Å². The predicted molar refractivity (Wildman–Crippen MR) is 87.3 cm³/mol. The average Bonchev–Trinajstić information content (AvgIpc) is 2.39. The van der Waals surface area contributed by atoms with E-state index in [9.17, 15) is 14.7 Å². The molecule has 0 unspecified atom stereocenters. The third kappa shape index (κ3) is 11.3. The number of carboxylic acids is 2. The van der Waals surface area contributed by atoms with E-state index in [0.717, 1.165) is 0 Å². The summed E-state index contributed by atoms with van der Waals surface area (Å²) in [6, 6.07) is 0. The van der Waals surface area contributed by atoms with Crippen LogP contribution in [0.3, 0.4) is 0 Å². The molecule has 0 heterocycles. The Morgan fingerprint density at radius 3 is 1.36 bits per heavy atom. The zero-order chi connectivity index (χ0) is 17.6. The molecule has 0 rings (SSSR count). The molecule has 0 aromatic heterocycles. The number of carbonyl (C=O) groups excluding carboxylic acids is 1. The fourth-order valence-corrected chi connectivity index (χ4v) is 2.82. The van der Waals surface area contributed by atoms with Crippen LogP contribution in [0.2, 0.25) is 0 Å². The molecule has 0 fully saturated rings. The van der Waals surface area contributed by atoms with Crippen LogP contribution in [0.25, 0.3) is 0 Å². The van der Waals surface area contributed by atoms with Crippen molar-refractivity contribution in [3.63, 3.8) is 0 Å². The Morgan fingerprint density at radius 1 is 0.909 bits per heavy atom. The van der Waals surface area contributed by atoms with Gasteiger partial charge in [-0.1, -0.05) is 34.3 Å². The number of carboxylic acid groups (broad SMARTS) is 2. The Kier molecular flexibility index (Phi) is 13.9. The van der Waals surface area contributed by atoms with Gasteiger partial charge >= 0.3 is 5.97 Å². The summed E-state index contributed by atoms with van der Waals surface area (Å²) in [5.74, 6) is -2.73. The lowest BCUT2D eigenvalue weighted by atomic mass is 10.2. The maximum Gasteiger partial charge on any atom is 0.331 e. The lowest BCUT2D eigenvalue weighted by Gasteiger charge is -2.38. The minimum absolute atomic E-state index is 0.366. The topological polar surface area (TPSA) is 77.4 Å². The summed E-state index contributed by atoms with van der Waals surface area (Å²) in [6.45, 7) is 17.8. The van der Waals surface area contributed by atoms with E-state index in [-0.39, 0.29) is 5.57 Å². The predicted octanol–water partition coefficient (Wildman–Crippen LogP) is 2.21. The van der Waals surface area contributed by atoms with Crippen molar-refractivity contribution in [2.45, 2.75) is 59.8 Å². The van der Waals surface area contributed by atoms with Gasteiger partial charge in [0.25, 0.3) is 0 Å². The third-order valence-electron chi connectivity index (χ3n) is 3.45. The van der Waals surface area contributed by atoms with Crippen LogP contribution in [0.4, 0.5) is 0 Å². The number of aliphatic carboxylic acids is 2. The molecule has 0 saturated carbocycles. The molecular weight excluding hydrogens is 282 g/mol. The van der Waals surface area contributed by atoms with Gasteiger partial charge < -0.3 is 19.5 Å². The normalized spacial score (nSPS) is 10.5. The summed E-state index contributed by atoms with van der Waals surface area (Å²) in [5.41, 5.74) is -0.366. The largest absolute Gasteiger partial charge is 0.550 e. The highest BCUT2D eigenvalue weighted by Crippen LogP contribution is 2.12. The van der Waals surface area contributed by atoms with Crippen molar-refractivity contribution < 1.29 is 24.3 Å². The highest BCUT2D eigenvalue weighted by Gasteiger charge is 2.22. The summed E-state index contributed by atoms with van der Waals surface area (Å²) in [5, 5.41) is 17.7. The van der Waals surface area contributed by atoms with Crippen molar-refractivity contribution in [3.05, 3.63) is 12.2 Å². The summed E-state index contributed by atoms with van der Waals surface area (Å²) in [4.78, 5) is 19.5. The minimum Gasteiger partial charge on any atom is -0.550 e. The van der Waals surface area contributed by atoms with Crippen LogP contribution < -0.4 is 5.11 Å². The molecule has 0 aliphatic rings. The Bertz CT molecular complexity index is 310. The fourth-order valence-electron chi connectivity index (χ4n) is 2.82. The second-order valence-electron chi connectivity index (χ2n) is 5.69. The number of rotatable bonds is 11. The molecule has 0 amide bonds. The number of quaternary nitrogens is 1. The quantitative estimate of drug-likeness (QED) is 0.468. The summed E-state index contributed by atoms with van der Waals surface area (Å²) < 4.78 is 1.38. The number of hydrogen-bond acceptors (Lipinski definition) is 3. The van der Waals surface area contributed by atoms with Gasteiger partial charge in [-0.15, -0.1) is 0 Å². The number of carbonyl (C=O) groups is 2. The molecule has 5 heteroatoms. The molecule has 0 aliphatic heterocycles. The molecule has 0 bridgehead atoms. The van der Waals surface area contributed by atoms with Crippen LogP contribution in [0.1, 0.15) is 59.8 Å². The maximum atomic E-state index is 9.84. The molecule has 0 aliphatic carbocycles. The Morgan fingerprint density at radius 2 is 1.23 bits per heavy atom. The fraction of sp³-hybridized carbons (Fsp3) is 0.765. The van der Waals surface area contributed by atoms with Gasteiger partial charge in [0.05, 0.1) is 26.2 Å². The van der Waals surface area contributed by atoms with Crippen molar-refractivity contribution in [2.75, 3.05) is 26.2 Å². The van der Waals surface area contributed by atoms with Crippen LogP contribution in [-0.4, -0.2) is 47.7 Å². The van der Waals surface area contributed by atoms with E-state index < -0.39 is 18.4 Å². The van der Waals surface area contributed by atoms with Gasteiger partial charge in [-0.3, -0.25) is 0 Å². The van der Waals surface area contributed by atoms with E-state index in [0.29, 0.717) is 0 Å². The number of hydrogen-bond donors (Lipinski definition) is 1. The lowest BCUT2D eigenvalue weighted by molar-refractivity contribution is -0.928. The van der Waals surface area contributed by atoms with E-state index >= 15 is 0 Å². The second kappa shape index (κ2) is 13.3. The van der Waals surface area contributed by atoms with Gasteiger partial charge in [0.2, 0.25) is 0 Å². The zero-order valence-corrected chi connectivity index (χ0v) is 14.7. The van der Waals surface area contributed by atoms with Crippen molar-refractivity contribution in [2.24, 2.45) is 0 Å². The first-order valence-electron chi connectivity index (χ1n) is 8.24. The van der Waals surface area contributed by atoms with Gasteiger partial charge in [0.1, 0.15) is 0 Å². The van der Waals surface area contributed by atoms with Crippen molar-refractivity contribution in [1.82, 2.24) is 0 Å². The summed E-state index contributed by atoms with van der Waals surface area (Å²) in [7, 11) is 0. The molecule has 0 atom stereocenters. The van der Waals surface area contributed by atoms with E-state index in [2.05, 4.69) is 34.3 Å². The molecule has 22 heavy (non-hydrogen) atoms. The van der Waals surface area contributed by atoms with Gasteiger partial charge in [-0.2, -0.15) is 0 Å². The molecule has 1 N–H and O–H groups in total. The molecule has 130 valence electrons. The lowest BCUT2D eigenvalue weighted by Crippen LogP contribution is -2.50. The van der Waals surface area contributed by atoms with Crippen molar-refractivity contribution in [3.8, 4) is 0 Å². The molecule has 5 nitrogen and oxygen atoms in total. The van der Waals surface area contributed by atoms with Gasteiger partial charge in [-0.05, 0) is 25.7 Å². The summed E-state index contributed by atoms with van der Waals surface area (Å²) in [6.07, 6.45) is 4.72. The van der Waals surface area contributed by atoms with Gasteiger partial charge in [-0.25, -0.2) is 4.79 Å². The highest BCUT2D eigenvalue weighted by molar-refractivity contribution is 5.90. The first kappa shape index (κ1) is 22.9. The third-order valence-corrected chi connectivity index (χ3v) is 3.45. The smallest absolute Gasteiger partial charge is 0.331 e. The molecule has 0 radical (unpaired) electrons. The maximum absolute atomic E-state index is 9.84. The zero-order valence-electron chi connectivity index (χ0n) is 14.7. The average molecular weight is 315 g/mol. The van der Waals surface area contributed by atoms with Crippen LogP contribution in [0, 0.1) is 0 Å². The SMILES string of the molecule is C=C(CC(=O)[O-])C(=O)O.CCC[N+](CCC)(CCC)CCC. The molecule has 0 aromatic rings. The Labute approximate surface area is 135 Å². The Balaban J connectivity index is 0.